The quantitative estimate of drug-likeness (QED) is 0.204. The van der Waals surface area contributed by atoms with Crippen molar-refractivity contribution in [3.63, 3.8) is 0 Å². The van der Waals surface area contributed by atoms with Crippen LogP contribution in [0.4, 0.5) is 5.69 Å². The maximum Gasteiger partial charge on any atom is 0.324 e. The number of nitrogens with one attached hydrogen (secondary N) is 3. The molecule has 8 bridgehead atoms. The van der Waals surface area contributed by atoms with Crippen LogP contribution in [0.2, 0.25) is 0 Å². The maximum absolute atomic E-state index is 14.9. The van der Waals surface area contributed by atoms with Crippen molar-refractivity contribution in [1.29, 1.82) is 0 Å². The second-order valence-corrected chi connectivity index (χ2v) is 22.2. The summed E-state index contributed by atoms with van der Waals surface area (Å²) in [5.41, 5.74) is 11.6. The van der Waals surface area contributed by atoms with Gasteiger partial charge in [-0.3, -0.25) is 34.1 Å². The fourth-order valence-electron chi connectivity index (χ4n) is 12.0. The second kappa shape index (κ2) is 20.4. The van der Waals surface area contributed by atoms with Crippen molar-refractivity contribution in [3.8, 4) is 28.3 Å². The van der Waals surface area contributed by atoms with E-state index in [2.05, 4.69) is 63.3 Å². The van der Waals surface area contributed by atoms with E-state index in [0.29, 0.717) is 56.8 Å². The number of cyclic esters (lactones) is 1. The molecule has 1 aliphatic carbocycles. The molecule has 3 amide bonds. The van der Waals surface area contributed by atoms with E-state index in [-0.39, 0.29) is 43.6 Å². The first-order chi connectivity index (χ1) is 34.6. The maximum atomic E-state index is 14.9. The van der Waals surface area contributed by atoms with E-state index in [0.717, 1.165) is 82.6 Å². The van der Waals surface area contributed by atoms with Crippen molar-refractivity contribution in [2.24, 2.45) is 17.3 Å². The molecular formula is C55H74N10O7. The number of aromatic nitrogens is 3. The molecule has 3 aromatic heterocycles. The van der Waals surface area contributed by atoms with Crippen LogP contribution in [0.3, 0.4) is 0 Å². The molecule has 6 aliphatic rings. The minimum Gasteiger partial charge on any atom is -0.492 e. The molecule has 17 heteroatoms. The molecule has 0 spiro atoms. The van der Waals surface area contributed by atoms with E-state index in [9.17, 15) is 19.2 Å². The van der Waals surface area contributed by atoms with Crippen LogP contribution in [0.15, 0.2) is 42.6 Å². The number of fused-ring (bicyclic) bond motifs is 8. The highest BCUT2D eigenvalue weighted by Gasteiger charge is 2.42. The normalized spacial score (nSPS) is 26.1. The topological polar surface area (TPSA) is 176 Å². The van der Waals surface area contributed by atoms with E-state index in [1.165, 1.54) is 17.9 Å². The summed E-state index contributed by atoms with van der Waals surface area (Å²) < 4.78 is 21.3. The van der Waals surface area contributed by atoms with Crippen molar-refractivity contribution in [3.05, 3.63) is 59.4 Å². The summed E-state index contributed by atoms with van der Waals surface area (Å²) in [5, 5.41) is 8.06. The Bertz CT molecular complexity index is 2710. The predicted octanol–water partition coefficient (Wildman–Crippen LogP) is 5.28. The largest absolute Gasteiger partial charge is 0.492 e. The summed E-state index contributed by atoms with van der Waals surface area (Å²) in [5.74, 6) is -1.51. The number of benzene rings is 1. The van der Waals surface area contributed by atoms with Gasteiger partial charge >= 0.3 is 5.97 Å². The lowest BCUT2D eigenvalue weighted by Gasteiger charge is -2.37. The van der Waals surface area contributed by atoms with Gasteiger partial charge in [0.05, 0.1) is 64.7 Å². The summed E-state index contributed by atoms with van der Waals surface area (Å²) in [6.07, 6.45) is 6.52. The van der Waals surface area contributed by atoms with Crippen LogP contribution in [-0.2, 0) is 48.0 Å². The number of rotatable bonds is 7. The average Bonchev–Trinajstić information content (AvgIpc) is 4.05. The zero-order valence-corrected chi connectivity index (χ0v) is 43.5. The fraction of sp³-hybridized carbons (Fsp3) is 0.600. The van der Waals surface area contributed by atoms with Crippen LogP contribution in [0.25, 0.3) is 33.5 Å². The van der Waals surface area contributed by atoms with Crippen molar-refractivity contribution < 1.29 is 33.4 Å². The zero-order valence-electron chi connectivity index (χ0n) is 43.5. The van der Waals surface area contributed by atoms with Gasteiger partial charge in [-0.25, -0.2) is 10.4 Å². The Kier molecular flexibility index (Phi) is 14.1. The SMILES string of the molecule is CCn1c(-c2cc(N3CCN(C4CC4)CC3)cnc2[C@H](C)OC)c2c3nc(ccc31)-c1cc3cc(c1)OC[C@H]1NCC[C@@H]1C(=O)N(C)[C@@H](C(C)C)C(=O)N[C@@H](C3)C(=O)N1CCC[C@H](N1)C(=O)OCC(C)(C)C2. The third-order valence-corrected chi connectivity index (χ3v) is 16.0. The standard InChI is InChI=1S/C55H74N10O7/c1-9-64-46-15-14-42-35-23-34-24-38(26-35)71-30-45-39(16-17-56-45)52(67)61(7)49(32(2)3)51(66)59-44(25-34)53(68)65-18-10-11-43(60-65)54(69)72-31-55(5,6)28-41(48(46)58-42)50(64)40-27-37(29-57-47(40)33(4)70-8)63-21-19-62(20-22-63)36-12-13-36/h14-15,23-24,26-27,29,32-33,36,39,43-45,49,56,60H,9-13,16-22,25,28,30-31H2,1-8H3,(H,59,66)/t33-,39-,43-,44-,45+,49-/m0/s1. The van der Waals surface area contributed by atoms with E-state index in [4.69, 9.17) is 24.2 Å². The van der Waals surface area contributed by atoms with E-state index >= 15 is 0 Å². The Labute approximate surface area is 423 Å². The van der Waals surface area contributed by atoms with E-state index < -0.39 is 47.2 Å². The smallest absolute Gasteiger partial charge is 0.324 e. The van der Waals surface area contributed by atoms with Gasteiger partial charge in [0.25, 0.3) is 5.91 Å². The first-order valence-electron chi connectivity index (χ1n) is 26.5. The third kappa shape index (κ3) is 9.93. The van der Waals surface area contributed by atoms with Gasteiger partial charge in [-0.2, -0.15) is 0 Å². The van der Waals surface area contributed by atoms with Gasteiger partial charge in [-0.05, 0) is 107 Å². The van der Waals surface area contributed by atoms with Gasteiger partial charge in [-0.15, -0.1) is 0 Å². The Balaban J connectivity index is 1.14. The number of esters is 1. The molecule has 72 heavy (non-hydrogen) atoms. The van der Waals surface area contributed by atoms with Gasteiger partial charge in [0.1, 0.15) is 30.5 Å². The molecule has 4 fully saturated rings. The Hall–Kier alpha value is -5.62. The molecule has 4 aromatic rings. The predicted molar refractivity (Wildman–Crippen MR) is 275 cm³/mol. The molecule has 17 nitrogen and oxygen atoms in total. The molecule has 3 N–H and O–H groups in total. The lowest BCUT2D eigenvalue weighted by Crippen LogP contribution is -2.62. The van der Waals surface area contributed by atoms with Crippen LogP contribution >= 0.6 is 0 Å². The number of piperazine rings is 1. The van der Waals surface area contributed by atoms with E-state index in [1.54, 1.807) is 19.1 Å². The lowest BCUT2D eigenvalue weighted by atomic mass is 9.85. The van der Waals surface area contributed by atoms with Gasteiger partial charge in [0, 0.05) is 88.0 Å². The Morgan fingerprint density at radius 2 is 1.71 bits per heavy atom. The average molecular weight is 987 g/mol. The van der Waals surface area contributed by atoms with Crippen LogP contribution in [0, 0.1) is 17.3 Å². The summed E-state index contributed by atoms with van der Waals surface area (Å²) in [7, 11) is 3.40. The lowest BCUT2D eigenvalue weighted by molar-refractivity contribution is -0.155. The number of likely N-dealkylation sites (N-methyl/N-ethyl adjacent to an activating group) is 1. The highest BCUT2D eigenvalue weighted by atomic mass is 16.5. The highest BCUT2D eigenvalue weighted by Crippen LogP contribution is 2.43. The number of hydrazine groups is 1. The Morgan fingerprint density at radius 1 is 0.917 bits per heavy atom. The Morgan fingerprint density at radius 3 is 2.44 bits per heavy atom. The summed E-state index contributed by atoms with van der Waals surface area (Å²) >= 11 is 0. The number of hydrogen-bond donors (Lipinski definition) is 3. The molecule has 10 rings (SSSR count). The number of carbonyl (C=O) groups excluding carboxylic acids is 4. The van der Waals surface area contributed by atoms with Gasteiger partial charge in [0.2, 0.25) is 11.8 Å². The van der Waals surface area contributed by atoms with Gasteiger partial charge in [0.15, 0.2) is 0 Å². The number of amides is 3. The molecule has 3 saturated heterocycles. The van der Waals surface area contributed by atoms with Crippen LogP contribution < -0.4 is 25.7 Å². The molecule has 0 unspecified atom stereocenters. The zero-order chi connectivity index (χ0) is 50.6. The van der Waals surface area contributed by atoms with E-state index in [1.807, 2.05) is 51.2 Å². The molecule has 1 aromatic carbocycles. The number of carbonyl (C=O) groups is 4. The molecular weight excluding hydrogens is 913 g/mol. The number of methoxy groups -OCH3 is 1. The first-order valence-corrected chi connectivity index (χ1v) is 26.5. The van der Waals surface area contributed by atoms with Crippen LogP contribution in [0.5, 0.6) is 5.75 Å². The second-order valence-electron chi connectivity index (χ2n) is 22.2. The first kappa shape index (κ1) is 49.9. The van der Waals surface area contributed by atoms with Crippen molar-refractivity contribution in [1.82, 2.24) is 45.4 Å². The molecule has 6 atom stereocenters. The monoisotopic (exact) mass is 987 g/mol. The van der Waals surface area contributed by atoms with Crippen molar-refractivity contribution >= 4 is 40.4 Å². The number of anilines is 1. The minimum absolute atomic E-state index is 0.103. The van der Waals surface area contributed by atoms with Crippen LogP contribution in [-0.4, -0.2) is 150 Å². The minimum atomic E-state index is -1.06. The molecule has 0 radical (unpaired) electrons. The number of pyridine rings is 2. The summed E-state index contributed by atoms with van der Waals surface area (Å²) in [6.45, 7) is 18.1. The molecule has 1 saturated carbocycles. The van der Waals surface area contributed by atoms with Gasteiger partial charge in [-0.1, -0.05) is 27.7 Å². The number of hydrogen-bond acceptors (Lipinski definition) is 13. The molecule has 5 aliphatic heterocycles. The van der Waals surface area contributed by atoms with Crippen LogP contribution in [0.1, 0.15) is 96.6 Å². The van der Waals surface area contributed by atoms with Crippen molar-refractivity contribution in [2.45, 2.75) is 129 Å². The number of aryl methyl sites for hydroxylation is 1. The molecule has 8 heterocycles. The fourth-order valence-corrected chi connectivity index (χ4v) is 12.0. The third-order valence-electron chi connectivity index (χ3n) is 16.0. The summed E-state index contributed by atoms with van der Waals surface area (Å²) in [6, 6.07) is 10.2. The van der Waals surface area contributed by atoms with Gasteiger partial charge < -0.3 is 39.2 Å². The van der Waals surface area contributed by atoms with Crippen molar-refractivity contribution in [2.75, 3.05) is 71.5 Å². The highest BCUT2D eigenvalue weighted by molar-refractivity contribution is 5.94. The summed E-state index contributed by atoms with van der Waals surface area (Å²) in [4.78, 5) is 75.3. The number of ether oxygens (including phenoxy) is 3. The molecule has 386 valence electrons. The number of nitrogens with zero attached hydrogens (tertiary/aromatic N) is 7.